The predicted octanol–water partition coefficient (Wildman–Crippen LogP) is 4.99. The van der Waals surface area contributed by atoms with Gasteiger partial charge in [0.25, 0.3) is 0 Å². The molecule has 0 aliphatic rings. The molecular weight excluding hydrogens is 280 g/mol. The Morgan fingerprint density at radius 1 is 0.870 bits per heavy atom. The Balaban J connectivity index is 2.02. The summed E-state index contributed by atoms with van der Waals surface area (Å²) in [4.78, 5) is 4.58. The molecule has 3 aromatic rings. The molecule has 0 aliphatic heterocycles. The van der Waals surface area contributed by atoms with Crippen LogP contribution in [0.5, 0.6) is 0 Å². The Bertz CT molecular complexity index is 804. The number of aryl methyl sites for hydroxylation is 2. The summed E-state index contributed by atoms with van der Waals surface area (Å²) in [6.45, 7) is 4.44. The van der Waals surface area contributed by atoms with Crippen molar-refractivity contribution >= 4 is 16.6 Å². The van der Waals surface area contributed by atoms with Crippen molar-refractivity contribution in [1.29, 1.82) is 0 Å². The first kappa shape index (κ1) is 15.5. The molecule has 0 aliphatic carbocycles. The molecule has 0 saturated carbocycles. The molecule has 0 atom stereocenters. The largest absolute Gasteiger partial charge is 0.388 e. The highest BCUT2D eigenvalue weighted by molar-refractivity contribution is 5.84. The summed E-state index contributed by atoms with van der Waals surface area (Å²) in [5.41, 5.74) is 7.80. The second-order valence-electron chi connectivity index (χ2n) is 5.94. The lowest BCUT2D eigenvalue weighted by Crippen LogP contribution is -1.97. The molecule has 118 valence electrons. The van der Waals surface area contributed by atoms with Crippen LogP contribution in [0, 0.1) is 0 Å². The minimum Gasteiger partial charge on any atom is -0.388 e. The molecule has 0 radical (unpaired) electrons. The number of fused-ring (bicyclic) bond motifs is 1. The number of benzene rings is 2. The highest BCUT2D eigenvalue weighted by Crippen LogP contribution is 2.25. The summed E-state index contributed by atoms with van der Waals surface area (Å²) < 4.78 is 0. The van der Waals surface area contributed by atoms with Crippen LogP contribution in [0.15, 0.2) is 48.7 Å². The second-order valence-corrected chi connectivity index (χ2v) is 5.94. The summed E-state index contributed by atoms with van der Waals surface area (Å²) in [5.74, 6) is 0. The van der Waals surface area contributed by atoms with Crippen LogP contribution in [0.2, 0.25) is 0 Å². The van der Waals surface area contributed by atoms with E-state index in [0.717, 1.165) is 30.5 Å². The maximum Gasteiger partial charge on any atom is 0.0707 e. The van der Waals surface area contributed by atoms with Gasteiger partial charge in [-0.25, -0.2) is 0 Å². The summed E-state index contributed by atoms with van der Waals surface area (Å²) in [5, 5.41) is 4.46. The van der Waals surface area contributed by atoms with Crippen molar-refractivity contribution in [3.63, 3.8) is 0 Å². The van der Waals surface area contributed by atoms with Crippen molar-refractivity contribution in [2.45, 2.75) is 33.1 Å². The van der Waals surface area contributed by atoms with E-state index in [0.29, 0.717) is 0 Å². The lowest BCUT2D eigenvalue weighted by molar-refractivity contribution is 1.04. The fraction of sp³-hybridized carbons (Fsp3) is 0.286. The maximum atomic E-state index is 4.58. The van der Waals surface area contributed by atoms with E-state index < -0.39 is 0 Å². The van der Waals surface area contributed by atoms with Gasteiger partial charge in [-0.05, 0) is 71.8 Å². The SMILES string of the molecule is CCc1cc2nccc(Cc3ccc(NC)cc3)c2cc1CC. The highest BCUT2D eigenvalue weighted by atomic mass is 14.8. The van der Waals surface area contributed by atoms with Gasteiger partial charge in [0.1, 0.15) is 0 Å². The van der Waals surface area contributed by atoms with Crippen LogP contribution in [-0.4, -0.2) is 12.0 Å². The number of pyridine rings is 1. The van der Waals surface area contributed by atoms with Gasteiger partial charge in [0.15, 0.2) is 0 Å². The van der Waals surface area contributed by atoms with E-state index >= 15 is 0 Å². The van der Waals surface area contributed by atoms with Crippen molar-refractivity contribution in [3.8, 4) is 0 Å². The summed E-state index contributed by atoms with van der Waals surface area (Å²) in [7, 11) is 1.95. The molecule has 2 heteroatoms. The van der Waals surface area contributed by atoms with E-state index in [1.54, 1.807) is 0 Å². The monoisotopic (exact) mass is 304 g/mol. The Morgan fingerprint density at radius 2 is 1.57 bits per heavy atom. The molecule has 1 heterocycles. The average Bonchev–Trinajstić information content (AvgIpc) is 2.61. The summed E-state index contributed by atoms with van der Waals surface area (Å²) in [6, 6.07) is 15.4. The van der Waals surface area contributed by atoms with Gasteiger partial charge in [0.2, 0.25) is 0 Å². The Labute approximate surface area is 138 Å². The van der Waals surface area contributed by atoms with E-state index in [2.05, 4.69) is 66.6 Å². The quantitative estimate of drug-likeness (QED) is 0.718. The third-order valence-electron chi connectivity index (χ3n) is 4.55. The smallest absolute Gasteiger partial charge is 0.0707 e. The average molecular weight is 304 g/mol. The Hall–Kier alpha value is -2.35. The van der Waals surface area contributed by atoms with Gasteiger partial charge in [0.05, 0.1) is 5.52 Å². The van der Waals surface area contributed by atoms with Crippen molar-refractivity contribution in [3.05, 3.63) is 70.9 Å². The van der Waals surface area contributed by atoms with E-state index in [4.69, 9.17) is 0 Å². The van der Waals surface area contributed by atoms with Crippen LogP contribution in [0.1, 0.15) is 36.1 Å². The molecule has 3 rings (SSSR count). The van der Waals surface area contributed by atoms with E-state index in [-0.39, 0.29) is 0 Å². The van der Waals surface area contributed by atoms with Crippen LogP contribution >= 0.6 is 0 Å². The zero-order chi connectivity index (χ0) is 16.2. The minimum absolute atomic E-state index is 0.942. The number of aromatic nitrogens is 1. The fourth-order valence-electron chi connectivity index (χ4n) is 3.16. The van der Waals surface area contributed by atoms with Crippen LogP contribution in [0.4, 0.5) is 5.69 Å². The van der Waals surface area contributed by atoms with Crippen molar-refractivity contribution in [1.82, 2.24) is 4.98 Å². The molecule has 2 nitrogen and oxygen atoms in total. The number of nitrogens with one attached hydrogen (secondary N) is 1. The van der Waals surface area contributed by atoms with Crippen LogP contribution in [0.25, 0.3) is 10.9 Å². The van der Waals surface area contributed by atoms with E-state index in [9.17, 15) is 0 Å². The molecule has 0 spiro atoms. The minimum atomic E-state index is 0.942. The lowest BCUT2D eigenvalue weighted by Gasteiger charge is -2.12. The third-order valence-corrected chi connectivity index (χ3v) is 4.55. The van der Waals surface area contributed by atoms with Crippen molar-refractivity contribution in [2.24, 2.45) is 0 Å². The molecule has 23 heavy (non-hydrogen) atoms. The standard InChI is InChI=1S/C21H24N2/c1-4-16-13-20-18(10-11-23-21(20)14-17(16)5-2)12-15-6-8-19(22-3)9-7-15/h6-11,13-14,22H,4-5,12H2,1-3H3. The van der Waals surface area contributed by atoms with Crippen LogP contribution in [0.3, 0.4) is 0 Å². The van der Waals surface area contributed by atoms with Crippen LogP contribution in [-0.2, 0) is 19.3 Å². The highest BCUT2D eigenvalue weighted by Gasteiger charge is 2.08. The van der Waals surface area contributed by atoms with Crippen molar-refractivity contribution < 1.29 is 0 Å². The first-order valence-electron chi connectivity index (χ1n) is 8.41. The first-order chi connectivity index (χ1) is 11.2. The fourth-order valence-corrected chi connectivity index (χ4v) is 3.16. The van der Waals surface area contributed by atoms with Gasteiger partial charge in [0, 0.05) is 24.3 Å². The molecule has 0 amide bonds. The van der Waals surface area contributed by atoms with Crippen LogP contribution < -0.4 is 5.32 Å². The molecule has 0 unspecified atom stereocenters. The normalized spacial score (nSPS) is 10.9. The third kappa shape index (κ3) is 3.21. The summed E-state index contributed by atoms with van der Waals surface area (Å²) >= 11 is 0. The number of hydrogen-bond donors (Lipinski definition) is 1. The zero-order valence-corrected chi connectivity index (χ0v) is 14.2. The number of rotatable bonds is 5. The Kier molecular flexibility index (Phi) is 4.61. The number of hydrogen-bond acceptors (Lipinski definition) is 2. The van der Waals surface area contributed by atoms with Gasteiger partial charge in [-0.2, -0.15) is 0 Å². The van der Waals surface area contributed by atoms with Gasteiger partial charge in [-0.3, -0.25) is 4.98 Å². The number of anilines is 1. The summed E-state index contributed by atoms with van der Waals surface area (Å²) in [6.07, 6.45) is 5.02. The molecular formula is C21H24N2. The molecule has 0 bridgehead atoms. The van der Waals surface area contributed by atoms with Gasteiger partial charge in [-0.15, -0.1) is 0 Å². The maximum absolute atomic E-state index is 4.58. The zero-order valence-electron chi connectivity index (χ0n) is 14.2. The first-order valence-corrected chi connectivity index (χ1v) is 8.41. The van der Waals surface area contributed by atoms with E-state index in [1.807, 2.05) is 13.2 Å². The molecule has 1 N–H and O–H groups in total. The predicted molar refractivity (Wildman–Crippen MR) is 99.3 cm³/mol. The lowest BCUT2D eigenvalue weighted by atomic mass is 9.95. The van der Waals surface area contributed by atoms with Gasteiger partial charge < -0.3 is 5.32 Å². The second kappa shape index (κ2) is 6.82. The van der Waals surface area contributed by atoms with E-state index in [1.165, 1.54) is 27.6 Å². The number of nitrogens with zero attached hydrogens (tertiary/aromatic N) is 1. The molecule has 0 saturated heterocycles. The van der Waals surface area contributed by atoms with Gasteiger partial charge >= 0.3 is 0 Å². The molecule has 0 fully saturated rings. The molecule has 2 aromatic carbocycles. The Morgan fingerprint density at radius 3 is 2.22 bits per heavy atom. The topological polar surface area (TPSA) is 24.9 Å². The van der Waals surface area contributed by atoms with Crippen molar-refractivity contribution in [2.75, 3.05) is 12.4 Å². The van der Waals surface area contributed by atoms with Gasteiger partial charge in [-0.1, -0.05) is 26.0 Å². The molecule has 1 aromatic heterocycles.